The number of hydrogen-bond acceptors (Lipinski definition) is 4. The molecule has 230 valence electrons. The second kappa shape index (κ2) is 13.9. The van der Waals surface area contributed by atoms with Crippen LogP contribution >= 0.6 is 0 Å². The third-order valence-electron chi connectivity index (χ3n) is 7.35. The first-order valence-corrected chi connectivity index (χ1v) is 16.1. The van der Waals surface area contributed by atoms with Crippen molar-refractivity contribution in [1.29, 1.82) is 0 Å². The Morgan fingerprint density at radius 3 is 1.84 bits per heavy atom. The van der Waals surface area contributed by atoms with E-state index in [4.69, 9.17) is 0 Å². The number of aryl methyl sites for hydroxylation is 2. The molecule has 1 atom stereocenters. The smallest absolute Gasteiger partial charge is 0.264 e. The molecule has 0 radical (unpaired) electrons. The summed E-state index contributed by atoms with van der Waals surface area (Å²) in [6, 6.07) is 31.5. The summed E-state index contributed by atoms with van der Waals surface area (Å²) < 4.78 is 29.4. The fourth-order valence-electron chi connectivity index (χ4n) is 4.92. The van der Waals surface area contributed by atoms with Crippen molar-refractivity contribution in [3.8, 4) is 0 Å². The number of nitrogens with zero attached hydrogens (tertiary/aromatic N) is 2. The Bertz CT molecular complexity index is 1670. The van der Waals surface area contributed by atoms with E-state index in [0.717, 1.165) is 26.6 Å². The lowest BCUT2D eigenvalue weighted by atomic mass is 10.0. The summed E-state index contributed by atoms with van der Waals surface area (Å²) in [5, 5.41) is 3.05. The number of amides is 2. The van der Waals surface area contributed by atoms with Crippen molar-refractivity contribution in [2.45, 2.75) is 64.1 Å². The van der Waals surface area contributed by atoms with Crippen LogP contribution in [0.4, 0.5) is 5.69 Å². The van der Waals surface area contributed by atoms with Gasteiger partial charge >= 0.3 is 0 Å². The van der Waals surface area contributed by atoms with Gasteiger partial charge in [-0.3, -0.25) is 13.9 Å². The van der Waals surface area contributed by atoms with Crippen molar-refractivity contribution in [3.63, 3.8) is 0 Å². The molecule has 0 aliphatic carbocycles. The van der Waals surface area contributed by atoms with Crippen molar-refractivity contribution in [1.82, 2.24) is 10.2 Å². The molecule has 0 aliphatic heterocycles. The van der Waals surface area contributed by atoms with E-state index in [0.29, 0.717) is 5.69 Å². The SMILES string of the molecule is Cc1ccc(N(CC(=O)N(Cc2ccccc2)C(Cc2ccccc2)C(=O)NC(C)(C)C)S(=O)(=O)c2ccccc2)cc1C. The minimum Gasteiger partial charge on any atom is -0.350 e. The van der Waals surface area contributed by atoms with E-state index in [-0.39, 0.29) is 23.8 Å². The molecule has 0 aliphatic rings. The minimum atomic E-state index is -4.13. The van der Waals surface area contributed by atoms with Gasteiger partial charge in [-0.1, -0.05) is 84.9 Å². The van der Waals surface area contributed by atoms with E-state index in [1.807, 2.05) is 101 Å². The van der Waals surface area contributed by atoms with Crippen LogP contribution in [0.2, 0.25) is 0 Å². The zero-order chi connectivity index (χ0) is 31.9. The van der Waals surface area contributed by atoms with Gasteiger partial charge in [-0.25, -0.2) is 8.42 Å². The first-order valence-electron chi connectivity index (χ1n) is 14.7. The molecule has 0 spiro atoms. The normalized spacial score (nSPS) is 12.3. The highest BCUT2D eigenvalue weighted by atomic mass is 32.2. The third-order valence-corrected chi connectivity index (χ3v) is 9.14. The quantitative estimate of drug-likeness (QED) is 0.224. The Labute approximate surface area is 261 Å². The highest BCUT2D eigenvalue weighted by Crippen LogP contribution is 2.27. The Morgan fingerprint density at radius 2 is 1.30 bits per heavy atom. The van der Waals surface area contributed by atoms with Gasteiger partial charge in [-0.05, 0) is 81.1 Å². The second-order valence-electron chi connectivity index (χ2n) is 12.0. The standard InChI is InChI=1S/C36H41N3O4S/c1-27-21-22-31(23-28(27)2)39(44(42,43)32-19-13-8-14-20-32)26-34(40)38(25-30-17-11-7-12-18-30)33(35(41)37-36(3,4)5)24-29-15-9-6-10-16-29/h6-23,33H,24-26H2,1-5H3,(H,37,41). The maximum Gasteiger partial charge on any atom is 0.264 e. The second-order valence-corrected chi connectivity index (χ2v) is 13.9. The summed E-state index contributed by atoms with van der Waals surface area (Å²) in [5.41, 5.74) is 3.45. The van der Waals surface area contributed by atoms with E-state index in [9.17, 15) is 18.0 Å². The molecule has 0 saturated heterocycles. The monoisotopic (exact) mass is 611 g/mol. The summed E-state index contributed by atoms with van der Waals surface area (Å²) in [6.07, 6.45) is 0.260. The van der Waals surface area contributed by atoms with Crippen LogP contribution in [-0.4, -0.2) is 43.3 Å². The van der Waals surface area contributed by atoms with Crippen molar-refractivity contribution < 1.29 is 18.0 Å². The average molecular weight is 612 g/mol. The fourth-order valence-corrected chi connectivity index (χ4v) is 6.34. The van der Waals surface area contributed by atoms with Crippen molar-refractivity contribution in [2.75, 3.05) is 10.8 Å². The highest BCUT2D eigenvalue weighted by Gasteiger charge is 2.35. The number of nitrogens with one attached hydrogen (secondary N) is 1. The van der Waals surface area contributed by atoms with Crippen LogP contribution < -0.4 is 9.62 Å². The Morgan fingerprint density at radius 1 is 0.750 bits per heavy atom. The van der Waals surface area contributed by atoms with Crippen LogP contribution in [0.5, 0.6) is 0 Å². The van der Waals surface area contributed by atoms with Crippen LogP contribution in [-0.2, 0) is 32.6 Å². The van der Waals surface area contributed by atoms with Crippen molar-refractivity contribution in [2.24, 2.45) is 0 Å². The van der Waals surface area contributed by atoms with Gasteiger partial charge in [0.2, 0.25) is 11.8 Å². The van der Waals surface area contributed by atoms with Gasteiger partial charge in [0.05, 0.1) is 10.6 Å². The number of sulfonamides is 1. The van der Waals surface area contributed by atoms with Crippen molar-refractivity contribution in [3.05, 3.63) is 131 Å². The highest BCUT2D eigenvalue weighted by molar-refractivity contribution is 7.92. The third kappa shape index (κ3) is 8.35. The van der Waals surface area contributed by atoms with Gasteiger partial charge in [0, 0.05) is 18.5 Å². The Hall–Kier alpha value is -4.43. The molecule has 1 unspecified atom stereocenters. The predicted octanol–water partition coefficient (Wildman–Crippen LogP) is 6.05. The molecule has 0 bridgehead atoms. The van der Waals surface area contributed by atoms with E-state index in [1.165, 1.54) is 17.0 Å². The predicted molar refractivity (Wildman–Crippen MR) is 176 cm³/mol. The lowest BCUT2D eigenvalue weighted by Crippen LogP contribution is -2.56. The summed E-state index contributed by atoms with van der Waals surface area (Å²) >= 11 is 0. The number of benzene rings is 4. The van der Waals surface area contributed by atoms with Crippen molar-refractivity contribution >= 4 is 27.5 Å². The molecular formula is C36H41N3O4S. The molecule has 4 rings (SSSR count). The molecule has 4 aromatic carbocycles. The summed E-state index contributed by atoms with van der Waals surface area (Å²) in [4.78, 5) is 30.0. The minimum absolute atomic E-state index is 0.0759. The Balaban J connectivity index is 1.81. The van der Waals surface area contributed by atoms with Gasteiger partial charge in [-0.2, -0.15) is 0 Å². The number of carbonyl (C=O) groups is 2. The number of carbonyl (C=O) groups excluding carboxylic acids is 2. The Kier molecular flexibility index (Phi) is 10.3. The van der Waals surface area contributed by atoms with Gasteiger partial charge < -0.3 is 10.2 Å². The van der Waals surface area contributed by atoms with Crippen LogP contribution in [0.15, 0.2) is 114 Å². The van der Waals surface area contributed by atoms with Crippen LogP contribution in [0.3, 0.4) is 0 Å². The molecule has 0 fully saturated rings. The van der Waals surface area contributed by atoms with E-state index < -0.39 is 34.1 Å². The van der Waals surface area contributed by atoms with E-state index >= 15 is 0 Å². The molecule has 0 heterocycles. The maximum atomic E-state index is 14.5. The topological polar surface area (TPSA) is 86.8 Å². The lowest BCUT2D eigenvalue weighted by molar-refractivity contribution is -0.140. The van der Waals surface area contributed by atoms with E-state index in [2.05, 4.69) is 5.32 Å². The molecule has 0 aromatic heterocycles. The number of rotatable bonds is 11. The first kappa shape index (κ1) is 32.5. The number of anilines is 1. The van der Waals surface area contributed by atoms with Crippen LogP contribution in [0.25, 0.3) is 0 Å². The molecule has 44 heavy (non-hydrogen) atoms. The molecule has 1 N–H and O–H groups in total. The van der Waals surface area contributed by atoms with Gasteiger partial charge in [-0.15, -0.1) is 0 Å². The maximum absolute atomic E-state index is 14.5. The van der Waals surface area contributed by atoms with Gasteiger partial charge in [0.25, 0.3) is 10.0 Å². The lowest BCUT2D eigenvalue weighted by Gasteiger charge is -2.35. The number of hydrogen-bond donors (Lipinski definition) is 1. The largest absolute Gasteiger partial charge is 0.350 e. The fraction of sp³-hybridized carbons (Fsp3) is 0.278. The molecule has 2 amide bonds. The van der Waals surface area contributed by atoms with Crippen LogP contribution in [0, 0.1) is 13.8 Å². The van der Waals surface area contributed by atoms with Gasteiger partial charge in [0.1, 0.15) is 12.6 Å². The molecular weight excluding hydrogens is 570 g/mol. The summed E-state index contributed by atoms with van der Waals surface area (Å²) in [5.74, 6) is -0.800. The summed E-state index contributed by atoms with van der Waals surface area (Å²) in [7, 11) is -4.13. The first-order chi connectivity index (χ1) is 20.8. The average Bonchev–Trinajstić information content (AvgIpc) is 2.99. The summed E-state index contributed by atoms with van der Waals surface area (Å²) in [6.45, 7) is 9.17. The van der Waals surface area contributed by atoms with E-state index in [1.54, 1.807) is 30.3 Å². The zero-order valence-corrected chi connectivity index (χ0v) is 26.8. The molecule has 7 nitrogen and oxygen atoms in total. The molecule has 8 heteroatoms. The van der Waals surface area contributed by atoms with Gasteiger partial charge in [0.15, 0.2) is 0 Å². The molecule has 0 saturated carbocycles. The zero-order valence-electron chi connectivity index (χ0n) is 26.0. The molecule has 4 aromatic rings. The van der Waals surface area contributed by atoms with Crippen LogP contribution in [0.1, 0.15) is 43.0 Å².